The summed E-state index contributed by atoms with van der Waals surface area (Å²) in [5.74, 6) is -0.0597. The number of aromatic nitrogens is 2. The molecule has 0 atom stereocenters. The number of nitrogens with two attached hydrogens (primary N) is 1. The second-order valence-electron chi connectivity index (χ2n) is 3.60. The Balaban J connectivity index is 0.000000211. The van der Waals surface area contributed by atoms with E-state index in [2.05, 4.69) is 9.97 Å². The number of carbonyl (C=O) groups is 1. The van der Waals surface area contributed by atoms with Crippen molar-refractivity contribution in [2.24, 2.45) is 0 Å². The van der Waals surface area contributed by atoms with Crippen LogP contribution in [-0.2, 0) is 0 Å². The summed E-state index contributed by atoms with van der Waals surface area (Å²) in [5, 5.41) is 8.75. The fourth-order valence-electron chi connectivity index (χ4n) is 1.26. The van der Waals surface area contributed by atoms with E-state index in [1.54, 1.807) is 24.3 Å². The maximum Gasteiger partial charge on any atom is 0.337 e. The first-order chi connectivity index (χ1) is 9.97. The Bertz CT molecular complexity index is 600. The second-order valence-corrected chi connectivity index (χ2v) is 4.00. The molecule has 1 aromatic heterocycles. The van der Waals surface area contributed by atoms with Crippen LogP contribution in [0.25, 0.3) is 0 Å². The van der Waals surface area contributed by atoms with Gasteiger partial charge in [-0.15, -0.1) is 0 Å². The third-order valence-corrected chi connectivity index (χ3v) is 2.55. The number of hydrogen-bond acceptors (Lipinski definition) is 6. The van der Waals surface area contributed by atoms with Gasteiger partial charge in [0, 0.05) is 0 Å². The highest BCUT2D eigenvalue weighted by Crippen LogP contribution is 2.15. The van der Waals surface area contributed by atoms with E-state index in [1.165, 1.54) is 20.3 Å². The summed E-state index contributed by atoms with van der Waals surface area (Å²) in [6.07, 6.45) is 0. The van der Waals surface area contributed by atoms with E-state index in [4.69, 9.17) is 31.9 Å². The molecule has 8 heteroatoms. The lowest BCUT2D eigenvalue weighted by atomic mass is 10.2. The molecule has 0 aliphatic rings. The average Bonchev–Trinajstić information content (AvgIpc) is 2.47. The zero-order valence-corrected chi connectivity index (χ0v) is 12.2. The number of benzene rings is 1. The summed E-state index contributed by atoms with van der Waals surface area (Å²) >= 11 is 5.54. The maximum absolute atomic E-state index is 10.3. The van der Waals surface area contributed by atoms with Gasteiger partial charge in [-0.05, 0) is 12.1 Å². The van der Waals surface area contributed by atoms with Gasteiger partial charge in [-0.1, -0.05) is 23.7 Å². The molecule has 0 amide bonds. The number of nitrogens with zero attached hydrogens (tertiary/aromatic N) is 2. The highest BCUT2D eigenvalue weighted by atomic mass is 35.5. The van der Waals surface area contributed by atoms with Crippen LogP contribution in [0.1, 0.15) is 10.4 Å². The number of ether oxygens (including phenoxy) is 2. The highest BCUT2D eigenvalue weighted by Gasteiger charge is 2.04. The molecule has 0 aliphatic heterocycles. The third kappa shape index (κ3) is 5.15. The van der Waals surface area contributed by atoms with E-state index in [0.29, 0.717) is 11.8 Å². The molecular formula is C13H14ClN3O4. The standard InChI is InChI=1S/C7H5ClO2.C6H9N3O2/c8-6-4-2-1-3-5(6)7(9)10;1-10-4-3-5(11-2)9-6(7)8-4/h1-4H,(H,9,10);3H,1-2H3,(H2,7,8,9). The summed E-state index contributed by atoms with van der Waals surface area (Å²) < 4.78 is 9.65. The van der Waals surface area contributed by atoms with Crippen LogP contribution < -0.4 is 15.2 Å². The van der Waals surface area contributed by atoms with Gasteiger partial charge in [0.1, 0.15) is 0 Å². The van der Waals surface area contributed by atoms with Gasteiger partial charge in [-0.3, -0.25) is 0 Å². The predicted molar refractivity (Wildman–Crippen MR) is 78.0 cm³/mol. The number of halogens is 1. The molecule has 7 nitrogen and oxygen atoms in total. The Hall–Kier alpha value is -2.54. The topological polar surface area (TPSA) is 108 Å². The Morgan fingerprint density at radius 1 is 1.19 bits per heavy atom. The van der Waals surface area contributed by atoms with E-state index in [9.17, 15) is 4.79 Å². The van der Waals surface area contributed by atoms with Crippen molar-refractivity contribution in [1.82, 2.24) is 9.97 Å². The largest absolute Gasteiger partial charge is 0.481 e. The molecule has 21 heavy (non-hydrogen) atoms. The predicted octanol–water partition coefficient (Wildman–Crippen LogP) is 2.11. The van der Waals surface area contributed by atoms with Crippen molar-refractivity contribution in [2.75, 3.05) is 20.0 Å². The molecule has 0 fully saturated rings. The summed E-state index contributed by atoms with van der Waals surface area (Å²) in [4.78, 5) is 17.9. The molecule has 0 aliphatic carbocycles. The number of carboxylic acid groups (broad SMARTS) is 1. The first-order valence-corrected chi connectivity index (χ1v) is 6.06. The van der Waals surface area contributed by atoms with Crippen molar-refractivity contribution in [1.29, 1.82) is 0 Å². The van der Waals surface area contributed by atoms with E-state index in [-0.39, 0.29) is 16.5 Å². The number of aromatic carboxylic acids is 1. The number of nitrogen functional groups attached to an aromatic ring is 1. The van der Waals surface area contributed by atoms with Gasteiger partial charge in [0.2, 0.25) is 17.7 Å². The van der Waals surface area contributed by atoms with Crippen LogP contribution in [0, 0.1) is 0 Å². The monoisotopic (exact) mass is 311 g/mol. The van der Waals surface area contributed by atoms with Crippen molar-refractivity contribution in [3.8, 4) is 11.8 Å². The average molecular weight is 312 g/mol. The van der Waals surface area contributed by atoms with Crippen molar-refractivity contribution in [2.45, 2.75) is 0 Å². The molecule has 2 aromatic rings. The number of anilines is 1. The highest BCUT2D eigenvalue weighted by molar-refractivity contribution is 6.33. The third-order valence-electron chi connectivity index (χ3n) is 2.22. The molecule has 0 saturated heterocycles. The van der Waals surface area contributed by atoms with E-state index in [1.807, 2.05) is 0 Å². The normalized spacial score (nSPS) is 9.29. The quantitative estimate of drug-likeness (QED) is 0.893. The lowest BCUT2D eigenvalue weighted by molar-refractivity contribution is 0.0697. The van der Waals surface area contributed by atoms with Gasteiger partial charge in [0.25, 0.3) is 0 Å². The van der Waals surface area contributed by atoms with Crippen LogP contribution in [0.15, 0.2) is 30.3 Å². The zero-order valence-electron chi connectivity index (χ0n) is 11.4. The molecule has 0 spiro atoms. The van der Waals surface area contributed by atoms with Crippen LogP contribution in [0.3, 0.4) is 0 Å². The lowest BCUT2D eigenvalue weighted by Crippen LogP contribution is -1.99. The smallest absolute Gasteiger partial charge is 0.337 e. The van der Waals surface area contributed by atoms with Gasteiger partial charge in [-0.2, -0.15) is 9.97 Å². The summed E-state index contributed by atoms with van der Waals surface area (Å²) in [6, 6.07) is 7.89. The minimum atomic E-state index is -0.995. The van der Waals surface area contributed by atoms with Crippen molar-refractivity contribution >= 4 is 23.5 Å². The van der Waals surface area contributed by atoms with Crippen molar-refractivity contribution in [3.05, 3.63) is 40.9 Å². The van der Waals surface area contributed by atoms with Crippen molar-refractivity contribution in [3.63, 3.8) is 0 Å². The molecule has 0 radical (unpaired) electrons. The molecule has 112 valence electrons. The Morgan fingerprint density at radius 3 is 2.10 bits per heavy atom. The van der Waals surface area contributed by atoms with Gasteiger partial charge in [-0.25, -0.2) is 4.79 Å². The number of methoxy groups -OCH3 is 2. The Labute approximate surface area is 126 Å². The van der Waals surface area contributed by atoms with E-state index >= 15 is 0 Å². The summed E-state index contributed by atoms with van der Waals surface area (Å²) in [5.41, 5.74) is 5.47. The fourth-order valence-corrected chi connectivity index (χ4v) is 1.48. The first-order valence-electron chi connectivity index (χ1n) is 5.68. The lowest BCUT2D eigenvalue weighted by Gasteiger charge is -2.01. The Kier molecular flexibility index (Phi) is 6.22. The van der Waals surface area contributed by atoms with Crippen LogP contribution in [0.5, 0.6) is 11.8 Å². The number of carboxylic acids is 1. The SMILES string of the molecule is COc1cc(OC)nc(N)n1.O=C(O)c1ccccc1Cl. The van der Waals surface area contributed by atoms with Gasteiger partial charge in [0.15, 0.2) is 0 Å². The zero-order chi connectivity index (χ0) is 15.8. The molecule has 0 bridgehead atoms. The van der Waals surface area contributed by atoms with Crippen LogP contribution >= 0.6 is 11.6 Å². The number of rotatable bonds is 3. The fraction of sp³-hybridized carbons (Fsp3) is 0.154. The molecule has 1 aromatic carbocycles. The molecule has 3 N–H and O–H groups in total. The summed E-state index contributed by atoms with van der Waals surface area (Å²) in [6.45, 7) is 0. The van der Waals surface area contributed by atoms with Crippen LogP contribution in [0.4, 0.5) is 5.95 Å². The minimum absolute atomic E-state index is 0.140. The van der Waals surface area contributed by atoms with Gasteiger partial charge >= 0.3 is 5.97 Å². The van der Waals surface area contributed by atoms with Gasteiger partial charge in [0.05, 0.1) is 30.9 Å². The molecular weight excluding hydrogens is 298 g/mol. The van der Waals surface area contributed by atoms with E-state index in [0.717, 1.165) is 0 Å². The molecule has 2 rings (SSSR count). The molecule has 0 unspecified atom stereocenters. The maximum atomic E-state index is 10.3. The molecule has 1 heterocycles. The molecule has 0 saturated carbocycles. The summed E-state index contributed by atoms with van der Waals surface area (Å²) in [7, 11) is 3.00. The first kappa shape index (κ1) is 16.5. The van der Waals surface area contributed by atoms with E-state index < -0.39 is 5.97 Å². The van der Waals surface area contributed by atoms with Crippen LogP contribution in [-0.4, -0.2) is 35.3 Å². The van der Waals surface area contributed by atoms with Crippen molar-refractivity contribution < 1.29 is 19.4 Å². The Morgan fingerprint density at radius 2 is 1.71 bits per heavy atom. The second kappa shape index (κ2) is 7.91. The van der Waals surface area contributed by atoms with Gasteiger partial charge < -0.3 is 20.3 Å². The minimum Gasteiger partial charge on any atom is -0.481 e. The van der Waals surface area contributed by atoms with Crippen LogP contribution in [0.2, 0.25) is 5.02 Å². The number of hydrogen-bond donors (Lipinski definition) is 2.